The van der Waals surface area contributed by atoms with Gasteiger partial charge in [0.05, 0.1) is 6.54 Å². The number of nitrogens with one attached hydrogen (secondary N) is 1. The van der Waals surface area contributed by atoms with Crippen LogP contribution in [0.25, 0.3) is 0 Å². The van der Waals surface area contributed by atoms with Crippen LogP contribution in [-0.2, 0) is 16.6 Å². The zero-order valence-corrected chi connectivity index (χ0v) is 10.7. The Labute approximate surface area is 109 Å². The van der Waals surface area contributed by atoms with Gasteiger partial charge in [-0.05, 0) is 19.1 Å². The van der Waals surface area contributed by atoms with Gasteiger partial charge in [0.1, 0.15) is 16.7 Å². The maximum absolute atomic E-state index is 11.9. The van der Waals surface area contributed by atoms with Crippen LogP contribution in [0, 0.1) is 18.3 Å². The Morgan fingerprint density at radius 1 is 1.47 bits per heavy atom. The maximum atomic E-state index is 11.9. The second-order valence-corrected chi connectivity index (χ2v) is 5.32. The van der Waals surface area contributed by atoms with Crippen molar-refractivity contribution >= 4 is 10.0 Å². The highest BCUT2D eigenvalue weighted by Crippen LogP contribution is 2.08. The molecule has 2 rings (SSSR count). The van der Waals surface area contributed by atoms with Crippen LogP contribution in [0.4, 0.5) is 0 Å². The van der Waals surface area contributed by atoms with E-state index in [-0.39, 0.29) is 23.0 Å². The molecular weight excluding hydrogens is 270 g/mol. The Morgan fingerprint density at radius 3 is 2.79 bits per heavy atom. The van der Waals surface area contributed by atoms with Gasteiger partial charge in [-0.25, -0.2) is 18.1 Å². The second kappa shape index (κ2) is 5.13. The lowest BCUT2D eigenvalue weighted by atomic mass is 10.4. The highest BCUT2D eigenvalue weighted by molar-refractivity contribution is 7.89. The number of hydrogen-bond donors (Lipinski definition) is 1. The number of pyridine rings is 1. The predicted molar refractivity (Wildman–Crippen MR) is 62.0 cm³/mol. The van der Waals surface area contributed by atoms with Gasteiger partial charge in [0, 0.05) is 6.20 Å². The number of aryl methyl sites for hydroxylation is 1. The van der Waals surface area contributed by atoms with Gasteiger partial charge >= 0.3 is 0 Å². The monoisotopic (exact) mass is 279 g/mol. The molecule has 0 aromatic carbocycles. The molecule has 0 aliphatic carbocycles. The summed E-state index contributed by atoms with van der Waals surface area (Å²) < 4.78 is 30.9. The molecule has 2 aromatic heterocycles. The summed E-state index contributed by atoms with van der Waals surface area (Å²) in [5.74, 6) is 0.594. The molecule has 0 fully saturated rings. The predicted octanol–water partition coefficient (Wildman–Crippen LogP) is 0.123. The minimum Gasteiger partial charge on any atom is -0.338 e. The van der Waals surface area contributed by atoms with Crippen molar-refractivity contribution in [3.63, 3.8) is 0 Å². The standard InChI is InChI=1S/C10H9N5O3S/c1-7-14-10(18-15-7)6-13-19(16,17)9-3-2-8(4-11)12-5-9/h2-3,5,13H,6H2,1H3. The molecule has 0 aliphatic rings. The highest BCUT2D eigenvalue weighted by Gasteiger charge is 2.15. The SMILES string of the molecule is Cc1noc(CNS(=O)(=O)c2ccc(C#N)nc2)n1. The molecule has 2 aromatic rings. The van der Waals surface area contributed by atoms with Crippen LogP contribution in [0.3, 0.4) is 0 Å². The van der Waals surface area contributed by atoms with Crippen LogP contribution in [-0.4, -0.2) is 23.5 Å². The zero-order chi connectivity index (χ0) is 13.9. The normalized spacial score (nSPS) is 11.2. The van der Waals surface area contributed by atoms with Crippen molar-refractivity contribution in [2.45, 2.75) is 18.4 Å². The summed E-state index contributed by atoms with van der Waals surface area (Å²) in [6.07, 6.45) is 1.11. The molecule has 0 aliphatic heterocycles. The summed E-state index contributed by atoms with van der Waals surface area (Å²) in [5.41, 5.74) is 0.145. The van der Waals surface area contributed by atoms with Gasteiger partial charge in [0.15, 0.2) is 5.82 Å². The van der Waals surface area contributed by atoms with Crippen LogP contribution in [0.5, 0.6) is 0 Å². The van der Waals surface area contributed by atoms with Crippen molar-refractivity contribution < 1.29 is 12.9 Å². The smallest absolute Gasteiger partial charge is 0.242 e. The van der Waals surface area contributed by atoms with E-state index >= 15 is 0 Å². The van der Waals surface area contributed by atoms with Gasteiger partial charge in [-0.3, -0.25) is 0 Å². The van der Waals surface area contributed by atoms with Crippen LogP contribution in [0.1, 0.15) is 17.4 Å². The molecule has 0 saturated carbocycles. The van der Waals surface area contributed by atoms with Gasteiger partial charge < -0.3 is 4.52 Å². The first-order valence-corrected chi connectivity index (χ1v) is 6.64. The molecule has 0 amide bonds. The van der Waals surface area contributed by atoms with E-state index in [0.717, 1.165) is 6.20 Å². The molecule has 98 valence electrons. The third-order valence-corrected chi connectivity index (χ3v) is 3.53. The third kappa shape index (κ3) is 3.12. The van der Waals surface area contributed by atoms with Crippen molar-refractivity contribution in [1.82, 2.24) is 19.8 Å². The molecule has 2 heterocycles. The number of rotatable bonds is 4. The van der Waals surface area contributed by atoms with E-state index in [9.17, 15) is 8.42 Å². The zero-order valence-electron chi connectivity index (χ0n) is 9.86. The lowest BCUT2D eigenvalue weighted by molar-refractivity contribution is 0.372. The molecule has 9 heteroatoms. The van der Waals surface area contributed by atoms with E-state index in [2.05, 4.69) is 19.8 Å². The summed E-state index contributed by atoms with van der Waals surface area (Å²) >= 11 is 0. The Kier molecular flexibility index (Phi) is 3.55. The molecule has 0 spiro atoms. The molecule has 0 unspecified atom stereocenters. The van der Waals surface area contributed by atoms with Crippen molar-refractivity contribution in [2.75, 3.05) is 0 Å². The molecular formula is C10H9N5O3S. The third-order valence-electron chi connectivity index (χ3n) is 2.14. The number of nitrogens with zero attached hydrogens (tertiary/aromatic N) is 4. The first-order chi connectivity index (χ1) is 9.01. The summed E-state index contributed by atoms with van der Waals surface area (Å²) in [4.78, 5) is 7.52. The fourth-order valence-corrected chi connectivity index (χ4v) is 2.18. The molecule has 0 bridgehead atoms. The Hall–Kier alpha value is -2.31. The van der Waals surface area contributed by atoms with E-state index in [4.69, 9.17) is 9.78 Å². The largest absolute Gasteiger partial charge is 0.338 e. The maximum Gasteiger partial charge on any atom is 0.242 e. The summed E-state index contributed by atoms with van der Waals surface area (Å²) in [6, 6.07) is 4.43. The number of sulfonamides is 1. The van der Waals surface area contributed by atoms with Crippen LogP contribution in [0.15, 0.2) is 27.7 Å². The first-order valence-electron chi connectivity index (χ1n) is 5.16. The lowest BCUT2D eigenvalue weighted by Gasteiger charge is -2.03. The van der Waals surface area contributed by atoms with Crippen molar-refractivity contribution in [2.24, 2.45) is 0 Å². The van der Waals surface area contributed by atoms with Gasteiger partial charge in [0.25, 0.3) is 0 Å². The quantitative estimate of drug-likeness (QED) is 0.843. The minimum absolute atomic E-state index is 0.0391. The van der Waals surface area contributed by atoms with Crippen molar-refractivity contribution in [3.8, 4) is 6.07 Å². The van der Waals surface area contributed by atoms with Crippen molar-refractivity contribution in [1.29, 1.82) is 5.26 Å². The number of aromatic nitrogens is 3. The molecule has 0 saturated heterocycles. The average Bonchev–Trinajstić information content (AvgIpc) is 2.82. The Morgan fingerprint density at radius 2 is 2.26 bits per heavy atom. The van der Waals surface area contributed by atoms with E-state index in [0.29, 0.717) is 5.82 Å². The minimum atomic E-state index is -3.72. The second-order valence-electron chi connectivity index (χ2n) is 3.55. The van der Waals surface area contributed by atoms with E-state index in [1.807, 2.05) is 0 Å². The molecule has 1 N–H and O–H groups in total. The lowest BCUT2D eigenvalue weighted by Crippen LogP contribution is -2.23. The van der Waals surface area contributed by atoms with E-state index in [1.165, 1.54) is 12.1 Å². The first kappa shape index (κ1) is 13.1. The van der Waals surface area contributed by atoms with E-state index in [1.54, 1.807) is 13.0 Å². The Bertz CT molecular complexity index is 714. The fourth-order valence-electron chi connectivity index (χ4n) is 1.26. The van der Waals surface area contributed by atoms with Gasteiger partial charge in [0.2, 0.25) is 15.9 Å². The number of hydrogen-bond acceptors (Lipinski definition) is 7. The summed E-state index contributed by atoms with van der Waals surface area (Å²) in [6.45, 7) is 1.52. The average molecular weight is 279 g/mol. The van der Waals surface area contributed by atoms with Crippen LogP contribution < -0.4 is 4.72 Å². The molecule has 0 radical (unpaired) electrons. The number of nitriles is 1. The molecule has 19 heavy (non-hydrogen) atoms. The van der Waals surface area contributed by atoms with Gasteiger partial charge in [-0.1, -0.05) is 5.16 Å². The van der Waals surface area contributed by atoms with Crippen LogP contribution >= 0.6 is 0 Å². The van der Waals surface area contributed by atoms with Crippen LogP contribution in [0.2, 0.25) is 0 Å². The summed E-state index contributed by atoms with van der Waals surface area (Å²) in [5, 5.41) is 12.1. The Balaban J connectivity index is 2.11. The van der Waals surface area contributed by atoms with E-state index < -0.39 is 10.0 Å². The fraction of sp³-hybridized carbons (Fsp3) is 0.200. The van der Waals surface area contributed by atoms with Gasteiger partial charge in [-0.2, -0.15) is 10.2 Å². The molecule has 8 nitrogen and oxygen atoms in total. The highest BCUT2D eigenvalue weighted by atomic mass is 32.2. The van der Waals surface area contributed by atoms with Gasteiger partial charge in [-0.15, -0.1) is 0 Å². The topological polar surface area (TPSA) is 122 Å². The van der Waals surface area contributed by atoms with Crippen molar-refractivity contribution in [3.05, 3.63) is 35.7 Å². The summed E-state index contributed by atoms with van der Waals surface area (Å²) in [7, 11) is -3.72. The molecule has 0 atom stereocenters.